The first-order valence-corrected chi connectivity index (χ1v) is 8.83. The van der Waals surface area contributed by atoms with Crippen LogP contribution in [0, 0.1) is 11.8 Å². The Hall–Kier alpha value is -0.910. The maximum Gasteiger partial charge on any atom is 0.306 e. The van der Waals surface area contributed by atoms with Gasteiger partial charge >= 0.3 is 5.97 Å². The number of carboxylic acids is 1. The molecular formula is C16H17BrO3S. The summed E-state index contributed by atoms with van der Waals surface area (Å²) < 4.78 is 2.12. The Kier molecular flexibility index (Phi) is 4.33. The van der Waals surface area contributed by atoms with Crippen LogP contribution in [0.3, 0.4) is 0 Å². The van der Waals surface area contributed by atoms with Gasteiger partial charge in [-0.2, -0.15) is 0 Å². The van der Waals surface area contributed by atoms with E-state index in [2.05, 4.69) is 15.9 Å². The van der Waals surface area contributed by atoms with Crippen molar-refractivity contribution in [2.45, 2.75) is 31.8 Å². The number of rotatable bonds is 3. The Morgan fingerprint density at radius 1 is 1.33 bits per heavy atom. The molecule has 1 aliphatic carbocycles. The summed E-state index contributed by atoms with van der Waals surface area (Å²) in [5, 5.41) is 23.2. The van der Waals surface area contributed by atoms with Gasteiger partial charge in [-0.25, -0.2) is 0 Å². The number of benzene rings is 1. The van der Waals surface area contributed by atoms with E-state index in [1.165, 1.54) is 0 Å². The lowest BCUT2D eigenvalue weighted by Gasteiger charge is -2.32. The van der Waals surface area contributed by atoms with Crippen LogP contribution in [0.1, 0.15) is 37.4 Å². The second-order valence-electron chi connectivity index (χ2n) is 5.65. The summed E-state index contributed by atoms with van der Waals surface area (Å²) in [5.41, 5.74) is 0.870. The van der Waals surface area contributed by atoms with E-state index in [1.54, 1.807) is 11.3 Å². The van der Waals surface area contributed by atoms with Gasteiger partial charge in [0, 0.05) is 15.1 Å². The molecule has 5 heteroatoms. The highest BCUT2D eigenvalue weighted by Crippen LogP contribution is 2.43. The molecule has 3 nitrogen and oxygen atoms in total. The summed E-state index contributed by atoms with van der Waals surface area (Å²) in [6.45, 7) is 0. The topological polar surface area (TPSA) is 57.5 Å². The fraction of sp³-hybridized carbons (Fsp3) is 0.438. The summed E-state index contributed by atoms with van der Waals surface area (Å²) in [6, 6.07) is 5.92. The molecule has 21 heavy (non-hydrogen) atoms. The molecule has 112 valence electrons. The van der Waals surface area contributed by atoms with Crippen LogP contribution in [-0.2, 0) is 4.79 Å². The standard InChI is InChI=1S/C16H17BrO3S/c17-13-7-3-6-10-12(8-21-15(10)13)14(18)9-4-1-2-5-11(9)16(19)20/h3,6-9,11,14,18H,1-2,4-5H2,(H,19,20). The van der Waals surface area contributed by atoms with Crippen LogP contribution in [0.2, 0.25) is 0 Å². The van der Waals surface area contributed by atoms with Gasteiger partial charge in [-0.3, -0.25) is 4.79 Å². The highest BCUT2D eigenvalue weighted by Gasteiger charge is 2.36. The van der Waals surface area contributed by atoms with E-state index < -0.39 is 18.0 Å². The van der Waals surface area contributed by atoms with Gasteiger partial charge in [0.2, 0.25) is 0 Å². The number of aliphatic hydroxyl groups is 1. The molecular weight excluding hydrogens is 352 g/mol. The van der Waals surface area contributed by atoms with Crippen molar-refractivity contribution < 1.29 is 15.0 Å². The Morgan fingerprint density at radius 2 is 2.10 bits per heavy atom. The third-order valence-corrected chi connectivity index (χ3v) is 6.41. The van der Waals surface area contributed by atoms with Gasteiger partial charge in [-0.15, -0.1) is 11.3 Å². The van der Waals surface area contributed by atoms with Gasteiger partial charge in [-0.05, 0) is 51.2 Å². The molecule has 0 spiro atoms. The normalized spacial score (nSPS) is 24.1. The number of fused-ring (bicyclic) bond motifs is 1. The zero-order valence-electron chi connectivity index (χ0n) is 11.5. The van der Waals surface area contributed by atoms with Crippen LogP contribution in [-0.4, -0.2) is 16.2 Å². The highest BCUT2D eigenvalue weighted by molar-refractivity contribution is 9.10. The second-order valence-corrected chi connectivity index (χ2v) is 7.38. The van der Waals surface area contributed by atoms with E-state index >= 15 is 0 Å². The SMILES string of the molecule is O=C(O)C1CCCCC1C(O)c1csc2c(Br)cccc12. The molecule has 1 aromatic heterocycles. The predicted molar refractivity (Wildman–Crippen MR) is 87.6 cm³/mol. The molecule has 1 saturated carbocycles. The van der Waals surface area contributed by atoms with E-state index in [1.807, 2.05) is 23.6 Å². The average Bonchev–Trinajstić information content (AvgIpc) is 2.92. The molecule has 3 unspecified atom stereocenters. The summed E-state index contributed by atoms with van der Waals surface area (Å²) in [7, 11) is 0. The summed E-state index contributed by atoms with van der Waals surface area (Å²) >= 11 is 5.11. The molecule has 3 atom stereocenters. The van der Waals surface area contributed by atoms with Crippen molar-refractivity contribution in [2.24, 2.45) is 11.8 Å². The Balaban J connectivity index is 1.97. The molecule has 0 radical (unpaired) electrons. The first-order valence-electron chi connectivity index (χ1n) is 7.16. The number of carbonyl (C=O) groups is 1. The molecule has 2 N–H and O–H groups in total. The van der Waals surface area contributed by atoms with Gasteiger partial charge in [0.25, 0.3) is 0 Å². The molecule has 0 bridgehead atoms. The lowest BCUT2D eigenvalue weighted by molar-refractivity contribution is -0.147. The van der Waals surface area contributed by atoms with Crippen LogP contribution in [0.15, 0.2) is 28.1 Å². The molecule has 1 aromatic carbocycles. The molecule has 0 amide bonds. The fourth-order valence-electron chi connectivity index (χ4n) is 3.35. The van der Waals surface area contributed by atoms with Crippen molar-refractivity contribution in [3.05, 3.63) is 33.6 Å². The van der Waals surface area contributed by atoms with Crippen molar-refractivity contribution in [3.8, 4) is 0 Å². The van der Waals surface area contributed by atoms with E-state index in [4.69, 9.17) is 0 Å². The summed E-state index contributed by atoms with van der Waals surface area (Å²) in [4.78, 5) is 11.4. The van der Waals surface area contributed by atoms with Gasteiger partial charge in [0.05, 0.1) is 12.0 Å². The number of thiophene rings is 1. The zero-order chi connectivity index (χ0) is 15.0. The number of hydrogen-bond donors (Lipinski definition) is 2. The fourth-order valence-corrected chi connectivity index (χ4v) is 5.00. The molecule has 3 rings (SSSR count). The van der Waals surface area contributed by atoms with Gasteiger partial charge in [0.15, 0.2) is 0 Å². The van der Waals surface area contributed by atoms with Crippen LogP contribution in [0.25, 0.3) is 10.1 Å². The maximum atomic E-state index is 11.4. The lowest BCUT2D eigenvalue weighted by atomic mass is 9.74. The minimum atomic E-state index is -0.778. The monoisotopic (exact) mass is 368 g/mol. The van der Waals surface area contributed by atoms with Crippen molar-refractivity contribution in [3.63, 3.8) is 0 Å². The van der Waals surface area contributed by atoms with Gasteiger partial charge in [0.1, 0.15) is 0 Å². The maximum absolute atomic E-state index is 11.4. The molecule has 1 fully saturated rings. The van der Waals surface area contributed by atoms with Crippen molar-refractivity contribution in [2.75, 3.05) is 0 Å². The Morgan fingerprint density at radius 3 is 2.86 bits per heavy atom. The van der Waals surface area contributed by atoms with Crippen LogP contribution in [0.5, 0.6) is 0 Å². The van der Waals surface area contributed by atoms with E-state index in [-0.39, 0.29) is 5.92 Å². The largest absolute Gasteiger partial charge is 0.481 e. The van der Waals surface area contributed by atoms with Crippen LogP contribution >= 0.6 is 27.3 Å². The molecule has 0 aliphatic heterocycles. The number of carboxylic acid groups (broad SMARTS) is 1. The predicted octanol–water partition coefficient (Wildman–Crippen LogP) is 4.59. The van der Waals surface area contributed by atoms with E-state index in [9.17, 15) is 15.0 Å². The number of halogens is 1. The van der Waals surface area contributed by atoms with Crippen molar-refractivity contribution in [1.82, 2.24) is 0 Å². The molecule has 0 saturated heterocycles. The Labute approximate surface area is 135 Å². The summed E-state index contributed by atoms with van der Waals surface area (Å²) in [6.07, 6.45) is 2.69. The third kappa shape index (κ3) is 2.74. The Bertz CT molecular complexity index is 667. The van der Waals surface area contributed by atoms with Crippen LogP contribution < -0.4 is 0 Å². The first kappa shape index (κ1) is 15.0. The van der Waals surface area contributed by atoms with Gasteiger partial charge in [-0.1, -0.05) is 25.0 Å². The third-order valence-electron chi connectivity index (χ3n) is 4.44. The summed E-state index contributed by atoms with van der Waals surface area (Å²) in [5.74, 6) is -1.40. The first-order chi connectivity index (χ1) is 10.1. The smallest absolute Gasteiger partial charge is 0.306 e. The molecule has 2 aromatic rings. The van der Waals surface area contributed by atoms with Gasteiger partial charge < -0.3 is 10.2 Å². The zero-order valence-corrected chi connectivity index (χ0v) is 13.9. The average molecular weight is 369 g/mol. The quantitative estimate of drug-likeness (QED) is 0.832. The molecule has 1 aliphatic rings. The van der Waals surface area contributed by atoms with Crippen molar-refractivity contribution >= 4 is 43.3 Å². The number of hydrogen-bond acceptors (Lipinski definition) is 3. The molecule has 1 heterocycles. The highest BCUT2D eigenvalue weighted by atomic mass is 79.9. The number of aliphatic hydroxyl groups excluding tert-OH is 1. The second kappa shape index (κ2) is 6.07. The minimum Gasteiger partial charge on any atom is -0.481 e. The minimum absolute atomic E-state index is 0.187. The van der Waals surface area contributed by atoms with E-state index in [0.717, 1.165) is 39.4 Å². The van der Waals surface area contributed by atoms with E-state index in [0.29, 0.717) is 6.42 Å². The van der Waals surface area contributed by atoms with Crippen molar-refractivity contribution in [1.29, 1.82) is 0 Å². The number of aliphatic carboxylic acids is 1. The lowest BCUT2D eigenvalue weighted by Crippen LogP contribution is -2.31. The van der Waals surface area contributed by atoms with Crippen LogP contribution in [0.4, 0.5) is 0 Å².